The Morgan fingerprint density at radius 2 is 2.00 bits per heavy atom. The van der Waals surface area contributed by atoms with Crippen molar-refractivity contribution in [3.8, 4) is 0 Å². The van der Waals surface area contributed by atoms with Crippen LogP contribution in [0.5, 0.6) is 0 Å². The number of aliphatic hydroxyl groups is 1. The Kier molecular flexibility index (Phi) is 5.01. The number of halogens is 4. The third kappa shape index (κ3) is 3.45. The molecular weight excluding hydrogens is 460 g/mol. The molecule has 1 aliphatic heterocycles. The summed E-state index contributed by atoms with van der Waals surface area (Å²) in [5.74, 6) is -3.70. The first-order valence-corrected chi connectivity index (χ1v) is 10.3. The van der Waals surface area contributed by atoms with Crippen LogP contribution in [0.25, 0.3) is 11.0 Å². The van der Waals surface area contributed by atoms with Gasteiger partial charge < -0.3 is 23.8 Å². The monoisotopic (exact) mass is 478 g/mol. The van der Waals surface area contributed by atoms with Gasteiger partial charge in [0.25, 0.3) is 12.3 Å². The van der Waals surface area contributed by atoms with Crippen molar-refractivity contribution in [2.45, 2.75) is 38.3 Å². The highest BCUT2D eigenvalue weighted by Gasteiger charge is 2.41. The van der Waals surface area contributed by atoms with Crippen molar-refractivity contribution in [2.24, 2.45) is 0 Å². The molecule has 0 saturated carbocycles. The maximum atomic E-state index is 14.3. The Labute approximate surface area is 189 Å². The van der Waals surface area contributed by atoms with Gasteiger partial charge in [0.05, 0.1) is 17.4 Å². The van der Waals surface area contributed by atoms with E-state index >= 15 is 0 Å². The number of fused-ring (bicyclic) bond motifs is 2. The summed E-state index contributed by atoms with van der Waals surface area (Å²) in [5, 5.41) is 10.0. The van der Waals surface area contributed by atoms with Crippen molar-refractivity contribution in [1.29, 1.82) is 0 Å². The fraction of sp³-hybridized carbons (Fsp3) is 0.318. The standard InChI is InChI=1S/C22H18F4N4O4/c1-22(2,32)21-29-15(19(25)26)18(34-21)20(31)30-6-5-12-14(28-8-27-12)16(30)13-7-9-10(23)3-4-11(24)17(9)33-13/h3-4,7-8,16,19,32H,5-6H2,1-2H3,(H,27,28)/t16-/m1/s1. The Hall–Kier alpha value is -3.67. The number of furan rings is 1. The van der Waals surface area contributed by atoms with Gasteiger partial charge in [-0.1, -0.05) is 0 Å². The van der Waals surface area contributed by atoms with Gasteiger partial charge in [0.2, 0.25) is 11.7 Å². The number of oxazole rings is 1. The number of amides is 1. The lowest BCUT2D eigenvalue weighted by Gasteiger charge is -2.33. The summed E-state index contributed by atoms with van der Waals surface area (Å²) in [6, 6.07) is 2.02. The number of nitrogens with one attached hydrogen (secondary N) is 1. The largest absolute Gasteiger partial charge is 0.455 e. The molecule has 0 radical (unpaired) electrons. The molecule has 0 aliphatic carbocycles. The van der Waals surface area contributed by atoms with E-state index in [2.05, 4.69) is 15.0 Å². The highest BCUT2D eigenvalue weighted by Crippen LogP contribution is 2.39. The van der Waals surface area contributed by atoms with Crippen molar-refractivity contribution in [3.63, 3.8) is 0 Å². The Morgan fingerprint density at radius 3 is 2.68 bits per heavy atom. The van der Waals surface area contributed by atoms with E-state index in [0.29, 0.717) is 17.8 Å². The van der Waals surface area contributed by atoms with Crippen molar-refractivity contribution in [2.75, 3.05) is 6.54 Å². The minimum atomic E-state index is -3.16. The van der Waals surface area contributed by atoms with Crippen molar-refractivity contribution >= 4 is 16.9 Å². The van der Waals surface area contributed by atoms with E-state index in [1.54, 1.807) is 0 Å². The molecule has 8 nitrogen and oxygen atoms in total. The van der Waals surface area contributed by atoms with Gasteiger partial charge in [-0.3, -0.25) is 4.79 Å². The predicted octanol–water partition coefficient (Wildman–Crippen LogP) is 4.38. The van der Waals surface area contributed by atoms with Gasteiger partial charge in [-0.05, 0) is 32.0 Å². The topological polar surface area (TPSA) is 108 Å². The molecular formula is C22H18F4N4O4. The van der Waals surface area contributed by atoms with Gasteiger partial charge in [-0.15, -0.1) is 0 Å². The number of aromatic nitrogens is 3. The maximum Gasteiger partial charge on any atom is 0.292 e. The quantitative estimate of drug-likeness (QED) is 0.422. The second-order valence-electron chi connectivity index (χ2n) is 8.43. The summed E-state index contributed by atoms with van der Waals surface area (Å²) in [4.78, 5) is 25.4. The van der Waals surface area contributed by atoms with E-state index < -0.39 is 53.0 Å². The second-order valence-corrected chi connectivity index (χ2v) is 8.43. The molecule has 1 amide bonds. The average Bonchev–Trinajstić information content (AvgIpc) is 3.52. The van der Waals surface area contributed by atoms with E-state index in [-0.39, 0.29) is 23.3 Å². The van der Waals surface area contributed by atoms with Crippen LogP contribution < -0.4 is 0 Å². The van der Waals surface area contributed by atoms with Gasteiger partial charge in [-0.2, -0.15) is 0 Å². The van der Waals surface area contributed by atoms with Crippen molar-refractivity contribution < 1.29 is 36.3 Å². The van der Waals surface area contributed by atoms with Crippen LogP contribution in [0.2, 0.25) is 0 Å². The SMILES string of the molecule is CC(C)(O)c1nc(C(F)F)c(C(=O)N2CCc3[nH]cnc3[C@H]2c2cc3c(F)ccc(F)c3o2)o1. The minimum Gasteiger partial charge on any atom is -0.455 e. The molecule has 34 heavy (non-hydrogen) atoms. The van der Waals surface area contributed by atoms with Crippen LogP contribution in [0.4, 0.5) is 17.6 Å². The van der Waals surface area contributed by atoms with Gasteiger partial charge in [0.15, 0.2) is 17.1 Å². The molecule has 5 rings (SSSR count). The van der Waals surface area contributed by atoms with Crippen molar-refractivity contribution in [3.05, 3.63) is 70.7 Å². The molecule has 1 atom stereocenters. The number of nitrogens with zero attached hydrogens (tertiary/aromatic N) is 3. The summed E-state index contributed by atoms with van der Waals surface area (Å²) in [6.45, 7) is 2.58. The fourth-order valence-electron chi connectivity index (χ4n) is 4.02. The van der Waals surface area contributed by atoms with Crippen LogP contribution in [-0.4, -0.2) is 37.4 Å². The lowest BCUT2D eigenvalue weighted by Crippen LogP contribution is -2.40. The molecule has 0 fully saturated rings. The molecule has 0 bridgehead atoms. The van der Waals surface area contributed by atoms with Crippen LogP contribution in [0.1, 0.15) is 65.6 Å². The summed E-state index contributed by atoms with van der Waals surface area (Å²) >= 11 is 0. The zero-order valence-electron chi connectivity index (χ0n) is 17.9. The summed E-state index contributed by atoms with van der Waals surface area (Å²) in [6.07, 6.45) is -1.46. The number of aromatic amines is 1. The molecule has 1 aliphatic rings. The van der Waals surface area contributed by atoms with Crippen LogP contribution in [0.3, 0.4) is 0 Å². The summed E-state index contributed by atoms with van der Waals surface area (Å²) < 4.78 is 66.9. The van der Waals surface area contributed by atoms with Gasteiger partial charge in [0, 0.05) is 18.7 Å². The third-order valence-corrected chi connectivity index (χ3v) is 5.63. The van der Waals surface area contributed by atoms with Crippen LogP contribution in [-0.2, 0) is 12.0 Å². The van der Waals surface area contributed by atoms with E-state index in [1.807, 2.05) is 0 Å². The predicted molar refractivity (Wildman–Crippen MR) is 108 cm³/mol. The number of hydrogen-bond donors (Lipinski definition) is 2. The highest BCUT2D eigenvalue weighted by atomic mass is 19.3. The molecule has 3 aromatic heterocycles. The number of benzene rings is 1. The molecule has 178 valence electrons. The Balaban J connectivity index is 1.65. The minimum absolute atomic E-state index is 0.0128. The van der Waals surface area contributed by atoms with E-state index in [0.717, 1.165) is 17.0 Å². The number of H-pyrrole nitrogens is 1. The van der Waals surface area contributed by atoms with E-state index in [9.17, 15) is 27.5 Å². The lowest BCUT2D eigenvalue weighted by atomic mass is 9.99. The molecule has 2 N–H and O–H groups in total. The Morgan fingerprint density at radius 1 is 1.26 bits per heavy atom. The first-order chi connectivity index (χ1) is 16.1. The van der Waals surface area contributed by atoms with Crippen LogP contribution in [0.15, 0.2) is 33.4 Å². The van der Waals surface area contributed by atoms with E-state index in [1.165, 1.54) is 26.2 Å². The first kappa shape index (κ1) is 22.1. The van der Waals surface area contributed by atoms with Crippen LogP contribution >= 0.6 is 0 Å². The van der Waals surface area contributed by atoms with Crippen LogP contribution in [0, 0.1) is 11.6 Å². The number of alkyl halides is 2. The highest BCUT2D eigenvalue weighted by molar-refractivity contribution is 5.93. The Bertz CT molecular complexity index is 1360. The van der Waals surface area contributed by atoms with E-state index in [4.69, 9.17) is 8.83 Å². The maximum absolute atomic E-state index is 14.3. The third-order valence-electron chi connectivity index (χ3n) is 5.63. The molecule has 0 saturated heterocycles. The lowest BCUT2D eigenvalue weighted by molar-refractivity contribution is 0.0437. The van der Waals surface area contributed by atoms with Gasteiger partial charge in [0.1, 0.15) is 23.2 Å². The summed E-state index contributed by atoms with van der Waals surface area (Å²) in [5.41, 5.74) is -2.00. The first-order valence-electron chi connectivity index (χ1n) is 10.3. The zero-order valence-corrected chi connectivity index (χ0v) is 17.9. The second kappa shape index (κ2) is 7.69. The normalized spacial score (nSPS) is 16.5. The molecule has 1 aromatic carbocycles. The molecule has 12 heteroatoms. The van der Waals surface area contributed by atoms with Gasteiger partial charge >= 0.3 is 0 Å². The molecule has 0 unspecified atom stereocenters. The zero-order chi connectivity index (χ0) is 24.4. The molecule has 4 aromatic rings. The number of carbonyl (C=O) groups excluding carboxylic acids is 1. The fourth-order valence-corrected chi connectivity index (χ4v) is 4.02. The smallest absolute Gasteiger partial charge is 0.292 e. The number of carbonyl (C=O) groups is 1. The average molecular weight is 478 g/mol. The van der Waals surface area contributed by atoms with Crippen molar-refractivity contribution in [1.82, 2.24) is 19.9 Å². The number of imidazole rings is 1. The summed E-state index contributed by atoms with van der Waals surface area (Å²) in [7, 11) is 0. The number of hydrogen-bond acceptors (Lipinski definition) is 6. The number of rotatable bonds is 4. The molecule has 4 heterocycles. The van der Waals surface area contributed by atoms with Gasteiger partial charge in [-0.25, -0.2) is 27.5 Å². The molecule has 0 spiro atoms.